The fourth-order valence-corrected chi connectivity index (χ4v) is 2.13. The fraction of sp³-hybridized carbons (Fsp3) is 0.833. The molecule has 1 aliphatic heterocycles. The molecule has 0 aromatic rings. The lowest BCUT2D eigenvalue weighted by molar-refractivity contribution is -0.143. The number of hydrogen-bond acceptors (Lipinski definition) is 5. The molecule has 1 fully saturated rings. The molecule has 1 rings (SSSR count). The van der Waals surface area contributed by atoms with Crippen LogP contribution >= 0.6 is 0 Å². The van der Waals surface area contributed by atoms with Gasteiger partial charge in [0.25, 0.3) is 5.91 Å². The van der Waals surface area contributed by atoms with E-state index in [-0.39, 0.29) is 11.7 Å². The van der Waals surface area contributed by atoms with Crippen LogP contribution in [0, 0.1) is 0 Å². The number of ether oxygens (including phenoxy) is 1. The molecule has 110 valence electrons. The molecule has 19 heavy (non-hydrogen) atoms. The van der Waals surface area contributed by atoms with E-state index in [1.165, 1.54) is 7.11 Å². The highest BCUT2D eigenvalue weighted by Gasteiger charge is 2.35. The monoisotopic (exact) mass is 272 g/mol. The van der Waals surface area contributed by atoms with Gasteiger partial charge in [-0.3, -0.25) is 9.69 Å². The van der Waals surface area contributed by atoms with Gasteiger partial charge in [0.1, 0.15) is 6.10 Å². The summed E-state index contributed by atoms with van der Waals surface area (Å²) in [5, 5.41) is 11.9. The Kier molecular flexibility index (Phi) is 5.13. The smallest absolute Gasteiger partial charge is 0.251 e. The predicted octanol–water partition coefficient (Wildman–Crippen LogP) is -0.309. The zero-order valence-corrected chi connectivity index (χ0v) is 12.1. The van der Waals surface area contributed by atoms with Gasteiger partial charge in [-0.05, 0) is 20.8 Å². The lowest BCUT2D eigenvalue weighted by atomic mass is 10.00. The predicted molar refractivity (Wildman–Crippen MR) is 72.1 cm³/mol. The Morgan fingerprint density at radius 3 is 2.32 bits per heavy atom. The van der Waals surface area contributed by atoms with Crippen LogP contribution in [0.1, 0.15) is 20.8 Å². The van der Waals surface area contributed by atoms with Crippen LogP contribution < -0.4 is 5.73 Å². The van der Waals surface area contributed by atoms with Crippen molar-refractivity contribution >= 4 is 11.7 Å². The van der Waals surface area contributed by atoms with Crippen LogP contribution in [0.15, 0.2) is 5.16 Å². The Balaban J connectivity index is 2.61. The Labute approximate surface area is 114 Å². The van der Waals surface area contributed by atoms with Crippen molar-refractivity contribution in [3.8, 4) is 0 Å². The van der Waals surface area contributed by atoms with Crippen molar-refractivity contribution in [3.63, 3.8) is 0 Å². The minimum absolute atomic E-state index is 0.00348. The number of hydrogen-bond donors (Lipinski definition) is 2. The van der Waals surface area contributed by atoms with E-state index in [4.69, 9.17) is 15.7 Å². The van der Waals surface area contributed by atoms with Gasteiger partial charge in [0, 0.05) is 33.3 Å². The van der Waals surface area contributed by atoms with E-state index in [1.54, 1.807) is 11.8 Å². The van der Waals surface area contributed by atoms with Crippen LogP contribution in [-0.2, 0) is 9.53 Å². The summed E-state index contributed by atoms with van der Waals surface area (Å²) in [4.78, 5) is 15.9. The SMILES string of the molecule is COC(C)C(=O)N1CCN(C(C)(C)C(N)=NO)CC1. The largest absolute Gasteiger partial charge is 0.409 e. The van der Waals surface area contributed by atoms with Crippen molar-refractivity contribution in [2.24, 2.45) is 10.9 Å². The summed E-state index contributed by atoms with van der Waals surface area (Å²) >= 11 is 0. The fourth-order valence-electron chi connectivity index (χ4n) is 2.13. The van der Waals surface area contributed by atoms with E-state index in [0.29, 0.717) is 26.2 Å². The number of amidine groups is 1. The highest BCUT2D eigenvalue weighted by molar-refractivity contribution is 5.88. The maximum Gasteiger partial charge on any atom is 0.251 e. The molecule has 1 heterocycles. The normalized spacial score (nSPS) is 20.4. The summed E-state index contributed by atoms with van der Waals surface area (Å²) in [5.74, 6) is 0.182. The molecule has 7 heteroatoms. The van der Waals surface area contributed by atoms with Gasteiger partial charge < -0.3 is 20.6 Å². The molecule has 0 spiro atoms. The number of piperazine rings is 1. The van der Waals surface area contributed by atoms with E-state index in [0.717, 1.165) is 0 Å². The van der Waals surface area contributed by atoms with Crippen molar-refractivity contribution in [1.29, 1.82) is 0 Å². The summed E-state index contributed by atoms with van der Waals surface area (Å²) < 4.78 is 5.04. The van der Waals surface area contributed by atoms with Gasteiger partial charge in [0.15, 0.2) is 5.84 Å². The number of carbonyl (C=O) groups excluding carboxylic acids is 1. The quantitative estimate of drug-likeness (QED) is 0.317. The summed E-state index contributed by atoms with van der Waals surface area (Å²) in [6.45, 7) is 8.16. The first kappa shape index (κ1) is 15.7. The summed E-state index contributed by atoms with van der Waals surface area (Å²) in [6, 6.07) is 0. The van der Waals surface area contributed by atoms with Crippen molar-refractivity contribution < 1.29 is 14.7 Å². The highest BCUT2D eigenvalue weighted by Crippen LogP contribution is 2.17. The molecule has 0 aliphatic carbocycles. The Hall–Kier alpha value is -1.34. The Bertz CT molecular complexity index is 349. The topological polar surface area (TPSA) is 91.4 Å². The first-order valence-corrected chi connectivity index (χ1v) is 6.39. The minimum atomic E-state index is -0.517. The molecule has 1 aliphatic rings. The van der Waals surface area contributed by atoms with E-state index in [1.807, 2.05) is 13.8 Å². The third-order valence-electron chi connectivity index (χ3n) is 3.82. The van der Waals surface area contributed by atoms with Gasteiger partial charge >= 0.3 is 0 Å². The number of methoxy groups -OCH3 is 1. The maximum absolute atomic E-state index is 12.0. The van der Waals surface area contributed by atoms with Crippen LogP contribution in [0.4, 0.5) is 0 Å². The van der Waals surface area contributed by atoms with Gasteiger partial charge in [0.2, 0.25) is 0 Å². The van der Waals surface area contributed by atoms with Crippen molar-refractivity contribution in [1.82, 2.24) is 9.80 Å². The number of nitrogens with two attached hydrogens (primary N) is 1. The molecule has 0 saturated carbocycles. The lowest BCUT2D eigenvalue weighted by Crippen LogP contribution is -2.61. The average molecular weight is 272 g/mol. The number of nitrogens with zero attached hydrogens (tertiary/aromatic N) is 3. The second kappa shape index (κ2) is 6.21. The molecule has 0 aromatic carbocycles. The van der Waals surface area contributed by atoms with Crippen LogP contribution in [-0.4, -0.2) is 71.7 Å². The lowest BCUT2D eigenvalue weighted by Gasteiger charge is -2.43. The number of amides is 1. The third-order valence-corrected chi connectivity index (χ3v) is 3.82. The molecular formula is C12H24N4O3. The van der Waals surface area contributed by atoms with Gasteiger partial charge in [-0.2, -0.15) is 0 Å². The van der Waals surface area contributed by atoms with Crippen LogP contribution in [0.5, 0.6) is 0 Å². The van der Waals surface area contributed by atoms with Crippen molar-refractivity contribution in [3.05, 3.63) is 0 Å². The number of oxime groups is 1. The molecule has 1 atom stereocenters. The first-order chi connectivity index (χ1) is 8.84. The van der Waals surface area contributed by atoms with Gasteiger partial charge in [-0.15, -0.1) is 0 Å². The first-order valence-electron chi connectivity index (χ1n) is 6.39. The maximum atomic E-state index is 12.0. The Morgan fingerprint density at radius 2 is 1.89 bits per heavy atom. The second-order valence-electron chi connectivity index (χ2n) is 5.23. The molecule has 7 nitrogen and oxygen atoms in total. The van der Waals surface area contributed by atoms with E-state index < -0.39 is 11.6 Å². The average Bonchev–Trinajstić information content (AvgIpc) is 2.44. The van der Waals surface area contributed by atoms with E-state index >= 15 is 0 Å². The van der Waals surface area contributed by atoms with Gasteiger partial charge in [-0.1, -0.05) is 5.16 Å². The molecular weight excluding hydrogens is 248 g/mol. The van der Waals surface area contributed by atoms with E-state index in [9.17, 15) is 4.79 Å². The number of carbonyl (C=O) groups is 1. The summed E-state index contributed by atoms with van der Waals surface area (Å²) in [5.41, 5.74) is 5.19. The molecule has 0 aromatic heterocycles. The summed E-state index contributed by atoms with van der Waals surface area (Å²) in [6.07, 6.45) is -0.413. The van der Waals surface area contributed by atoms with Crippen molar-refractivity contribution in [2.45, 2.75) is 32.4 Å². The molecule has 1 saturated heterocycles. The molecule has 0 radical (unpaired) electrons. The highest BCUT2D eigenvalue weighted by atomic mass is 16.5. The standard InChI is InChI=1S/C12H24N4O3/c1-9(19-4)10(17)15-5-7-16(8-6-15)12(2,3)11(13)14-18/h9,18H,5-8H2,1-4H3,(H2,13,14). The van der Waals surface area contributed by atoms with Crippen LogP contribution in [0.25, 0.3) is 0 Å². The van der Waals surface area contributed by atoms with Crippen LogP contribution in [0.3, 0.4) is 0 Å². The van der Waals surface area contributed by atoms with E-state index in [2.05, 4.69) is 10.1 Å². The summed E-state index contributed by atoms with van der Waals surface area (Å²) in [7, 11) is 1.53. The number of rotatable bonds is 4. The van der Waals surface area contributed by atoms with Gasteiger partial charge in [0.05, 0.1) is 5.54 Å². The molecule has 0 bridgehead atoms. The second-order valence-corrected chi connectivity index (χ2v) is 5.23. The molecule has 3 N–H and O–H groups in total. The molecule has 1 unspecified atom stereocenters. The van der Waals surface area contributed by atoms with Crippen molar-refractivity contribution in [2.75, 3.05) is 33.3 Å². The minimum Gasteiger partial charge on any atom is -0.409 e. The zero-order valence-electron chi connectivity index (χ0n) is 12.1. The van der Waals surface area contributed by atoms with Crippen LogP contribution in [0.2, 0.25) is 0 Å². The Morgan fingerprint density at radius 1 is 1.37 bits per heavy atom. The van der Waals surface area contributed by atoms with Gasteiger partial charge in [-0.25, -0.2) is 0 Å². The molecule has 1 amide bonds. The third kappa shape index (κ3) is 3.36. The zero-order chi connectivity index (χ0) is 14.6.